The summed E-state index contributed by atoms with van der Waals surface area (Å²) in [5.74, 6) is 0.276. The average molecular weight is 397 g/mol. The molecule has 0 unspecified atom stereocenters. The number of nitrogens with one attached hydrogen (secondary N) is 2. The van der Waals surface area contributed by atoms with Crippen molar-refractivity contribution in [3.05, 3.63) is 53.1 Å². The van der Waals surface area contributed by atoms with E-state index in [1.165, 1.54) is 37.4 Å². The van der Waals surface area contributed by atoms with Crippen LogP contribution in [0.1, 0.15) is 30.1 Å². The Bertz CT molecular complexity index is 867. The first kappa shape index (κ1) is 20.1. The van der Waals surface area contributed by atoms with Crippen molar-refractivity contribution < 1.29 is 17.9 Å². The molecular formula is C18H21ClN2O4S. The van der Waals surface area contributed by atoms with Crippen molar-refractivity contribution in [2.45, 2.75) is 24.7 Å². The van der Waals surface area contributed by atoms with Gasteiger partial charge in [-0.1, -0.05) is 24.9 Å². The van der Waals surface area contributed by atoms with Crippen molar-refractivity contribution in [3.63, 3.8) is 0 Å². The van der Waals surface area contributed by atoms with Gasteiger partial charge in [0.1, 0.15) is 5.75 Å². The third-order valence-electron chi connectivity index (χ3n) is 3.65. The van der Waals surface area contributed by atoms with Crippen molar-refractivity contribution in [2.75, 3.05) is 18.4 Å². The molecule has 0 saturated carbocycles. The number of unbranched alkanes of at least 4 members (excludes halogenated alkanes) is 1. The first-order valence-corrected chi connectivity index (χ1v) is 9.98. The smallest absolute Gasteiger partial charge is 0.261 e. The van der Waals surface area contributed by atoms with Gasteiger partial charge in [0.25, 0.3) is 15.9 Å². The van der Waals surface area contributed by atoms with Crippen LogP contribution in [0.4, 0.5) is 5.69 Å². The van der Waals surface area contributed by atoms with E-state index in [0.717, 1.165) is 12.8 Å². The van der Waals surface area contributed by atoms with Crippen molar-refractivity contribution in [1.29, 1.82) is 0 Å². The van der Waals surface area contributed by atoms with Crippen LogP contribution in [0.2, 0.25) is 5.02 Å². The second-order valence-electron chi connectivity index (χ2n) is 5.59. The fourth-order valence-electron chi connectivity index (χ4n) is 2.21. The standard InChI is InChI=1S/C18H21ClN2O4S/c1-3-4-11-20-18(22)16-10-5-13(12-17(16)19)21-26(23,24)15-8-6-14(25-2)7-9-15/h5-10,12,21H,3-4,11H2,1-2H3,(H,20,22). The lowest BCUT2D eigenvalue weighted by molar-refractivity contribution is 0.0953. The molecule has 26 heavy (non-hydrogen) atoms. The van der Waals surface area contributed by atoms with Crippen molar-refractivity contribution in [3.8, 4) is 5.75 Å². The molecule has 0 aliphatic heterocycles. The number of benzene rings is 2. The summed E-state index contributed by atoms with van der Waals surface area (Å²) in [5, 5.41) is 2.95. The van der Waals surface area contributed by atoms with Gasteiger partial charge in [-0.2, -0.15) is 0 Å². The highest BCUT2D eigenvalue weighted by atomic mass is 35.5. The second kappa shape index (κ2) is 8.91. The quantitative estimate of drug-likeness (QED) is 0.666. The fourth-order valence-corrected chi connectivity index (χ4v) is 3.52. The number of ether oxygens (including phenoxy) is 1. The zero-order chi connectivity index (χ0) is 19.2. The highest BCUT2D eigenvalue weighted by Crippen LogP contribution is 2.24. The summed E-state index contributed by atoms with van der Waals surface area (Å²) < 4.78 is 32.3. The van der Waals surface area contributed by atoms with E-state index in [0.29, 0.717) is 17.9 Å². The molecular weight excluding hydrogens is 376 g/mol. The third kappa shape index (κ3) is 5.12. The van der Waals surface area contributed by atoms with Gasteiger partial charge in [0, 0.05) is 6.54 Å². The number of hydrogen-bond acceptors (Lipinski definition) is 4. The molecule has 0 spiro atoms. The van der Waals surface area contributed by atoms with Crippen LogP contribution in [0.3, 0.4) is 0 Å². The van der Waals surface area contributed by atoms with E-state index in [4.69, 9.17) is 16.3 Å². The molecule has 2 rings (SSSR count). The number of carbonyl (C=O) groups excluding carboxylic acids is 1. The van der Waals surface area contributed by atoms with Gasteiger partial charge < -0.3 is 10.1 Å². The lowest BCUT2D eigenvalue weighted by Gasteiger charge is -2.11. The van der Waals surface area contributed by atoms with Crippen LogP contribution < -0.4 is 14.8 Å². The predicted octanol–water partition coefficient (Wildman–Crippen LogP) is 3.68. The van der Waals surface area contributed by atoms with E-state index < -0.39 is 10.0 Å². The van der Waals surface area contributed by atoms with Gasteiger partial charge >= 0.3 is 0 Å². The topological polar surface area (TPSA) is 84.5 Å². The van der Waals surface area contributed by atoms with Crippen LogP contribution in [-0.2, 0) is 10.0 Å². The summed E-state index contributed by atoms with van der Waals surface area (Å²) in [6, 6.07) is 10.4. The Morgan fingerprint density at radius 1 is 1.15 bits per heavy atom. The number of amides is 1. The largest absolute Gasteiger partial charge is 0.497 e. The highest BCUT2D eigenvalue weighted by molar-refractivity contribution is 7.92. The molecule has 0 aliphatic rings. The molecule has 140 valence electrons. The molecule has 0 aliphatic carbocycles. The lowest BCUT2D eigenvalue weighted by Crippen LogP contribution is -2.24. The SMILES string of the molecule is CCCCNC(=O)c1ccc(NS(=O)(=O)c2ccc(OC)cc2)cc1Cl. The molecule has 0 fully saturated rings. The van der Waals surface area contributed by atoms with E-state index in [1.807, 2.05) is 6.92 Å². The summed E-state index contributed by atoms with van der Waals surface area (Å²) in [7, 11) is -2.27. The Kier molecular flexibility index (Phi) is 6.88. The van der Waals surface area contributed by atoms with Crippen molar-refractivity contribution in [1.82, 2.24) is 5.32 Å². The molecule has 2 aromatic carbocycles. The minimum absolute atomic E-state index is 0.0933. The summed E-state index contributed by atoms with van der Waals surface area (Å²) in [6.07, 6.45) is 1.85. The van der Waals surface area contributed by atoms with Crippen LogP contribution >= 0.6 is 11.6 Å². The third-order valence-corrected chi connectivity index (χ3v) is 5.36. The molecule has 1 amide bonds. The van der Waals surface area contributed by atoms with Gasteiger partial charge in [0.2, 0.25) is 0 Å². The molecule has 0 atom stereocenters. The number of sulfonamides is 1. The number of carbonyl (C=O) groups is 1. The highest BCUT2D eigenvalue weighted by Gasteiger charge is 2.16. The van der Waals surface area contributed by atoms with Gasteiger partial charge in [0.15, 0.2) is 0 Å². The van der Waals surface area contributed by atoms with Gasteiger partial charge in [0.05, 0.1) is 28.3 Å². The fraction of sp³-hybridized carbons (Fsp3) is 0.278. The summed E-state index contributed by atoms with van der Waals surface area (Å²) >= 11 is 6.14. The average Bonchev–Trinajstić information content (AvgIpc) is 2.61. The lowest BCUT2D eigenvalue weighted by atomic mass is 10.2. The Morgan fingerprint density at radius 3 is 2.42 bits per heavy atom. The predicted molar refractivity (Wildman–Crippen MR) is 102 cm³/mol. The molecule has 0 bridgehead atoms. The van der Waals surface area contributed by atoms with Gasteiger partial charge in [-0.25, -0.2) is 8.42 Å². The number of anilines is 1. The summed E-state index contributed by atoms with van der Waals surface area (Å²) in [5.41, 5.74) is 0.575. The molecule has 2 N–H and O–H groups in total. The van der Waals surface area contributed by atoms with Crippen LogP contribution in [0.5, 0.6) is 5.75 Å². The van der Waals surface area contributed by atoms with Crippen molar-refractivity contribution >= 4 is 33.2 Å². The normalized spacial score (nSPS) is 11.0. The van der Waals surface area contributed by atoms with Gasteiger partial charge in [-0.3, -0.25) is 9.52 Å². The monoisotopic (exact) mass is 396 g/mol. The number of hydrogen-bond donors (Lipinski definition) is 2. The minimum Gasteiger partial charge on any atom is -0.497 e. The van der Waals surface area contributed by atoms with Gasteiger partial charge in [-0.15, -0.1) is 0 Å². The molecule has 2 aromatic rings. The second-order valence-corrected chi connectivity index (χ2v) is 7.67. The summed E-state index contributed by atoms with van der Waals surface area (Å²) in [4.78, 5) is 12.2. The van der Waals surface area contributed by atoms with E-state index in [2.05, 4.69) is 10.0 Å². The molecule has 6 nitrogen and oxygen atoms in total. The van der Waals surface area contributed by atoms with E-state index >= 15 is 0 Å². The molecule has 8 heteroatoms. The maximum absolute atomic E-state index is 12.4. The maximum Gasteiger partial charge on any atom is 0.261 e. The van der Waals surface area contributed by atoms with Crippen LogP contribution in [-0.4, -0.2) is 28.0 Å². The maximum atomic E-state index is 12.4. The zero-order valence-electron chi connectivity index (χ0n) is 14.6. The first-order chi connectivity index (χ1) is 12.4. The number of halogens is 1. The van der Waals surface area contributed by atoms with E-state index in [1.54, 1.807) is 12.1 Å². The molecule has 0 heterocycles. The minimum atomic E-state index is -3.77. The molecule has 0 aromatic heterocycles. The number of methoxy groups -OCH3 is 1. The van der Waals surface area contributed by atoms with Crippen molar-refractivity contribution in [2.24, 2.45) is 0 Å². The van der Waals surface area contributed by atoms with Crippen LogP contribution in [0.25, 0.3) is 0 Å². The van der Waals surface area contributed by atoms with E-state index in [9.17, 15) is 13.2 Å². The molecule has 0 radical (unpaired) electrons. The Labute approximate surface area is 158 Å². The Morgan fingerprint density at radius 2 is 1.85 bits per heavy atom. The summed E-state index contributed by atoms with van der Waals surface area (Å²) in [6.45, 7) is 2.60. The van der Waals surface area contributed by atoms with Gasteiger partial charge in [-0.05, 0) is 48.9 Å². The molecule has 0 saturated heterocycles. The van der Waals surface area contributed by atoms with Crippen LogP contribution in [0.15, 0.2) is 47.4 Å². The number of rotatable bonds is 8. The zero-order valence-corrected chi connectivity index (χ0v) is 16.2. The Hall–Kier alpha value is -2.25. The van der Waals surface area contributed by atoms with E-state index in [-0.39, 0.29) is 21.5 Å². The first-order valence-electron chi connectivity index (χ1n) is 8.12. The van der Waals surface area contributed by atoms with Crippen LogP contribution in [0, 0.1) is 0 Å². The Balaban J connectivity index is 2.14.